The molecule has 0 saturated carbocycles. The molecule has 0 amide bonds. The van der Waals surface area contributed by atoms with Crippen LogP contribution in [0.3, 0.4) is 0 Å². The molecule has 1 atom stereocenters. The van der Waals surface area contributed by atoms with Gasteiger partial charge in [-0.25, -0.2) is 4.39 Å². The van der Waals surface area contributed by atoms with E-state index in [2.05, 4.69) is 9.73 Å². The van der Waals surface area contributed by atoms with Crippen molar-refractivity contribution in [2.75, 3.05) is 0 Å². The predicted molar refractivity (Wildman–Crippen MR) is 31.3 cm³/mol. The molecular weight excluding hydrogens is 165 g/mol. The van der Waals surface area contributed by atoms with Crippen LogP contribution < -0.4 is 0 Å². The highest BCUT2D eigenvalue weighted by atomic mass is 19.2. The molecule has 0 spiro atoms. The Bertz CT molecular complexity index is 248. The summed E-state index contributed by atoms with van der Waals surface area (Å²) in [5.41, 5.74) is 0. The fourth-order valence-corrected chi connectivity index (χ4v) is 0.482. The second-order valence-electron chi connectivity index (χ2n) is 1.99. The third-order valence-electron chi connectivity index (χ3n) is 1.01. The van der Waals surface area contributed by atoms with Crippen LogP contribution in [0, 0.1) is 0 Å². The topological polar surface area (TPSA) is 21.6 Å². The van der Waals surface area contributed by atoms with Crippen molar-refractivity contribution in [1.82, 2.24) is 0 Å². The molecule has 1 aliphatic rings. The lowest BCUT2D eigenvalue weighted by molar-refractivity contribution is -0.0269. The number of alkyl halides is 1. The van der Waals surface area contributed by atoms with E-state index in [1.165, 1.54) is 0 Å². The van der Waals surface area contributed by atoms with Gasteiger partial charge in [0.2, 0.25) is 7.85 Å². The molecule has 0 aromatic carbocycles. The SMILES string of the molecule is BC1(F)OC(F)=C(F)N=C1F. The van der Waals surface area contributed by atoms with E-state index >= 15 is 0 Å². The van der Waals surface area contributed by atoms with Crippen molar-refractivity contribution in [3.63, 3.8) is 0 Å². The van der Waals surface area contributed by atoms with Gasteiger partial charge >= 0.3 is 6.01 Å². The fourth-order valence-electron chi connectivity index (χ4n) is 0.482. The first kappa shape index (κ1) is 8.09. The number of hydrogen-bond acceptors (Lipinski definition) is 2. The second kappa shape index (κ2) is 2.25. The third-order valence-corrected chi connectivity index (χ3v) is 1.01. The summed E-state index contributed by atoms with van der Waals surface area (Å²) in [5, 5.41) is 0. The lowest BCUT2D eigenvalue weighted by atomic mass is 9.97. The zero-order chi connectivity index (χ0) is 8.65. The normalized spacial score (nSPS) is 31.5. The van der Waals surface area contributed by atoms with Crippen LogP contribution in [-0.4, -0.2) is 19.6 Å². The van der Waals surface area contributed by atoms with Crippen molar-refractivity contribution in [2.24, 2.45) is 4.99 Å². The van der Waals surface area contributed by atoms with Crippen molar-refractivity contribution in [1.29, 1.82) is 0 Å². The van der Waals surface area contributed by atoms with Crippen LogP contribution >= 0.6 is 0 Å². The molecule has 1 unspecified atom stereocenters. The van der Waals surface area contributed by atoms with Gasteiger partial charge in [-0.05, 0) is 0 Å². The van der Waals surface area contributed by atoms with Crippen LogP contribution in [0.5, 0.6) is 0 Å². The molecular formula is C4H2BF4NO. The highest BCUT2D eigenvalue weighted by Gasteiger charge is 2.39. The largest absolute Gasteiger partial charge is 0.431 e. The maximum Gasteiger partial charge on any atom is 0.331 e. The van der Waals surface area contributed by atoms with E-state index < -0.39 is 23.7 Å². The molecule has 1 heterocycles. The average molecular weight is 167 g/mol. The van der Waals surface area contributed by atoms with Crippen LogP contribution in [0.15, 0.2) is 17.0 Å². The molecule has 0 aromatic heterocycles. The Morgan fingerprint density at radius 1 is 1.36 bits per heavy atom. The molecule has 1 rings (SSSR count). The van der Waals surface area contributed by atoms with E-state index in [1.807, 2.05) is 0 Å². The molecule has 11 heavy (non-hydrogen) atoms. The first-order valence-electron chi connectivity index (χ1n) is 2.61. The number of rotatable bonds is 0. The van der Waals surface area contributed by atoms with E-state index in [9.17, 15) is 17.6 Å². The Morgan fingerprint density at radius 2 is 1.91 bits per heavy atom. The summed E-state index contributed by atoms with van der Waals surface area (Å²) in [6.07, 6.45) is 0. The Morgan fingerprint density at radius 3 is 2.36 bits per heavy atom. The highest BCUT2D eigenvalue weighted by Crippen LogP contribution is 2.27. The van der Waals surface area contributed by atoms with Crippen LogP contribution in [0.2, 0.25) is 0 Å². The minimum atomic E-state index is -3.00. The first-order valence-corrected chi connectivity index (χ1v) is 2.61. The molecule has 0 N–H and O–H groups in total. The van der Waals surface area contributed by atoms with Crippen molar-refractivity contribution < 1.29 is 22.3 Å². The molecule has 1 aliphatic heterocycles. The molecule has 0 aliphatic carbocycles. The molecule has 7 heteroatoms. The van der Waals surface area contributed by atoms with Gasteiger partial charge in [-0.2, -0.15) is 18.2 Å². The molecule has 0 fully saturated rings. The Hall–Kier alpha value is -1.01. The van der Waals surface area contributed by atoms with Crippen molar-refractivity contribution in [3.8, 4) is 0 Å². The van der Waals surface area contributed by atoms with Gasteiger partial charge in [0.15, 0.2) is 0 Å². The van der Waals surface area contributed by atoms with E-state index in [1.54, 1.807) is 0 Å². The number of aliphatic imine (C=N–C) groups is 1. The van der Waals surface area contributed by atoms with E-state index in [0.29, 0.717) is 7.85 Å². The van der Waals surface area contributed by atoms with Crippen LogP contribution in [-0.2, 0) is 4.74 Å². The van der Waals surface area contributed by atoms with Gasteiger partial charge in [-0.1, -0.05) is 0 Å². The molecule has 0 radical (unpaired) electrons. The number of halogens is 4. The lowest BCUT2D eigenvalue weighted by Gasteiger charge is -2.20. The zero-order valence-electron chi connectivity index (χ0n) is 5.37. The minimum Gasteiger partial charge on any atom is -0.431 e. The predicted octanol–water partition coefficient (Wildman–Crippen LogP) is 0.707. The van der Waals surface area contributed by atoms with Crippen molar-refractivity contribution in [2.45, 2.75) is 5.75 Å². The van der Waals surface area contributed by atoms with Crippen LogP contribution in [0.25, 0.3) is 0 Å². The van der Waals surface area contributed by atoms with Gasteiger partial charge in [0.25, 0.3) is 17.7 Å². The van der Waals surface area contributed by atoms with Gasteiger partial charge in [0.1, 0.15) is 0 Å². The standard InChI is InChI=1S/C4H2BF4NO/c5-4(9)3(8)10-1(6)2(7)11-4/h5H2. The quantitative estimate of drug-likeness (QED) is 0.295. The number of ether oxygens (including phenoxy) is 1. The summed E-state index contributed by atoms with van der Waals surface area (Å²) < 4.78 is 52.2. The number of hydrogen-bond donors (Lipinski definition) is 0. The monoisotopic (exact) mass is 167 g/mol. The molecule has 0 saturated heterocycles. The van der Waals surface area contributed by atoms with Crippen molar-refractivity contribution in [3.05, 3.63) is 12.0 Å². The third kappa shape index (κ3) is 1.36. The summed E-state index contributed by atoms with van der Waals surface area (Å²) in [5.74, 6) is -6.53. The Kier molecular flexibility index (Phi) is 1.65. The average Bonchev–Trinajstić information content (AvgIpc) is 1.83. The minimum absolute atomic E-state index is 0.581. The van der Waals surface area contributed by atoms with Gasteiger partial charge in [-0.3, -0.25) is 0 Å². The molecule has 0 bridgehead atoms. The second-order valence-corrected chi connectivity index (χ2v) is 1.99. The zero-order valence-corrected chi connectivity index (χ0v) is 5.37. The van der Waals surface area contributed by atoms with Gasteiger partial charge < -0.3 is 4.74 Å². The van der Waals surface area contributed by atoms with Crippen molar-refractivity contribution >= 4 is 13.8 Å². The number of nitrogens with zero attached hydrogens (tertiary/aromatic N) is 1. The molecule has 0 aromatic rings. The molecule has 2 nitrogen and oxygen atoms in total. The van der Waals surface area contributed by atoms with E-state index in [4.69, 9.17) is 0 Å². The smallest absolute Gasteiger partial charge is 0.331 e. The summed E-state index contributed by atoms with van der Waals surface area (Å²) in [6.45, 7) is 0. The lowest BCUT2D eigenvalue weighted by Crippen LogP contribution is -2.36. The maximum atomic E-state index is 12.5. The Labute approximate surface area is 60.0 Å². The van der Waals surface area contributed by atoms with E-state index in [0.717, 1.165) is 0 Å². The summed E-state index contributed by atoms with van der Waals surface area (Å²) in [4.78, 5) is 2.30. The Balaban J connectivity index is 3.01. The van der Waals surface area contributed by atoms with Crippen LogP contribution in [0.4, 0.5) is 17.6 Å². The van der Waals surface area contributed by atoms with E-state index in [-0.39, 0.29) is 0 Å². The first-order chi connectivity index (χ1) is 4.93. The molecule has 60 valence electrons. The fraction of sp³-hybridized carbons (Fsp3) is 0.250. The van der Waals surface area contributed by atoms with Gasteiger partial charge in [0, 0.05) is 0 Å². The van der Waals surface area contributed by atoms with Gasteiger partial charge in [-0.15, -0.1) is 0 Å². The van der Waals surface area contributed by atoms with Gasteiger partial charge in [0.05, 0.1) is 0 Å². The van der Waals surface area contributed by atoms with Crippen LogP contribution in [0.1, 0.15) is 0 Å². The summed E-state index contributed by atoms with van der Waals surface area (Å²) in [6, 6.07) is -1.85. The maximum absolute atomic E-state index is 12.5. The highest BCUT2D eigenvalue weighted by molar-refractivity contribution is 6.26. The summed E-state index contributed by atoms with van der Waals surface area (Å²) in [7, 11) is 0.581. The summed E-state index contributed by atoms with van der Waals surface area (Å²) >= 11 is 0.